The molecular formula is C33H46O8. The Morgan fingerprint density at radius 2 is 1.71 bits per heavy atom. The van der Waals surface area contributed by atoms with Crippen LogP contribution in [0.25, 0.3) is 0 Å². The van der Waals surface area contributed by atoms with Gasteiger partial charge in [-0.05, 0) is 57.9 Å². The Morgan fingerprint density at radius 3 is 2.49 bits per heavy atom. The Hall–Kier alpha value is -2.97. The predicted octanol–water partition coefficient (Wildman–Crippen LogP) is 5.87. The van der Waals surface area contributed by atoms with Gasteiger partial charge >= 0.3 is 17.9 Å². The van der Waals surface area contributed by atoms with Gasteiger partial charge in [0.2, 0.25) is 0 Å². The van der Waals surface area contributed by atoms with E-state index in [1.165, 1.54) is 20.3 Å². The van der Waals surface area contributed by atoms with Crippen LogP contribution in [0.15, 0.2) is 59.8 Å². The molecule has 3 aliphatic rings. The minimum atomic E-state index is -0.462. The van der Waals surface area contributed by atoms with Crippen LogP contribution in [-0.4, -0.2) is 62.6 Å². The minimum absolute atomic E-state index is 0.0389. The molecule has 0 aromatic heterocycles. The lowest BCUT2D eigenvalue weighted by atomic mass is 9.90. The van der Waals surface area contributed by atoms with Gasteiger partial charge in [-0.1, -0.05) is 54.5 Å². The maximum Gasteiger partial charge on any atom is 0.330 e. The van der Waals surface area contributed by atoms with Crippen molar-refractivity contribution < 1.29 is 38.1 Å². The summed E-state index contributed by atoms with van der Waals surface area (Å²) in [6.07, 6.45) is 21.6. The van der Waals surface area contributed by atoms with Crippen molar-refractivity contribution in [3.05, 3.63) is 59.8 Å². The van der Waals surface area contributed by atoms with Crippen molar-refractivity contribution in [1.82, 2.24) is 0 Å². The molecule has 3 aliphatic heterocycles. The average Bonchev–Trinajstić information content (AvgIpc) is 2.93. The third-order valence-corrected chi connectivity index (χ3v) is 7.68. The van der Waals surface area contributed by atoms with Crippen molar-refractivity contribution in [2.45, 2.75) is 109 Å². The molecule has 0 saturated carbocycles. The molecule has 2 fully saturated rings. The van der Waals surface area contributed by atoms with Gasteiger partial charge in [0.15, 0.2) is 0 Å². The van der Waals surface area contributed by atoms with Crippen molar-refractivity contribution in [1.29, 1.82) is 0 Å². The second-order valence-corrected chi connectivity index (χ2v) is 11.2. The number of fused-ring (bicyclic) bond motifs is 4. The fourth-order valence-electron chi connectivity index (χ4n) is 5.53. The van der Waals surface area contributed by atoms with E-state index in [1.807, 2.05) is 44.2 Å². The van der Waals surface area contributed by atoms with Gasteiger partial charge in [-0.3, -0.25) is 9.59 Å². The summed E-state index contributed by atoms with van der Waals surface area (Å²) in [5.74, 6) is -1.06. The van der Waals surface area contributed by atoms with E-state index in [0.29, 0.717) is 12.8 Å². The number of methoxy groups -OCH3 is 2. The first kappa shape index (κ1) is 32.5. The molecular weight excluding hydrogens is 524 g/mol. The van der Waals surface area contributed by atoms with Crippen molar-refractivity contribution in [2.24, 2.45) is 5.92 Å². The second kappa shape index (κ2) is 17.1. The zero-order valence-corrected chi connectivity index (χ0v) is 24.9. The lowest BCUT2D eigenvalue weighted by molar-refractivity contribution is -0.154. The summed E-state index contributed by atoms with van der Waals surface area (Å²) in [6.45, 7) is 3.90. The molecule has 0 amide bonds. The first-order valence-corrected chi connectivity index (χ1v) is 14.8. The molecule has 6 unspecified atom stereocenters. The Kier molecular flexibility index (Phi) is 13.6. The van der Waals surface area contributed by atoms with Crippen LogP contribution in [0.5, 0.6) is 0 Å². The lowest BCUT2D eigenvalue weighted by Crippen LogP contribution is -2.37. The fourth-order valence-corrected chi connectivity index (χ4v) is 5.53. The summed E-state index contributed by atoms with van der Waals surface area (Å²) in [6, 6.07) is 0. The van der Waals surface area contributed by atoms with Crippen LogP contribution in [-0.2, 0) is 38.1 Å². The van der Waals surface area contributed by atoms with Crippen LogP contribution in [0.1, 0.15) is 78.1 Å². The van der Waals surface area contributed by atoms with Crippen molar-refractivity contribution in [2.75, 3.05) is 14.2 Å². The summed E-state index contributed by atoms with van der Waals surface area (Å²) >= 11 is 0. The molecule has 0 radical (unpaired) electrons. The Bertz CT molecular complexity index is 1040. The highest BCUT2D eigenvalue weighted by molar-refractivity contribution is 5.82. The SMILES string of the molecule is COC(=O)/C=C1\CC2CC(=O)OC(/C=C/C=C\C=C(/C)CC(=O)OC)C(C)/C=C/CCC3CCCC(CC(C1)O2)O3. The third-order valence-electron chi connectivity index (χ3n) is 7.68. The standard InChI is InChI=1S/C33H46O8/c1-23(17-31(34)37-3)11-6-5-7-16-30-24(2)12-8-9-13-26-14-10-15-27(39-26)21-28-18-25(20-32(35)38-4)19-29(40-28)22-33(36)41-30/h5-8,11-12,16,20,24,26-30H,9-10,13-15,17-19,21-22H2,1-4H3/b6-5-,12-8+,16-7+,23-11+,25-20-. The quantitative estimate of drug-likeness (QED) is 0.129. The molecule has 0 N–H and O–H groups in total. The number of carbonyl (C=O) groups excluding carboxylic acids is 3. The smallest absolute Gasteiger partial charge is 0.330 e. The highest BCUT2D eigenvalue weighted by Crippen LogP contribution is 2.33. The molecule has 3 rings (SSSR count). The van der Waals surface area contributed by atoms with E-state index in [-0.39, 0.29) is 55.1 Å². The monoisotopic (exact) mass is 570 g/mol. The molecule has 0 aliphatic carbocycles. The first-order valence-electron chi connectivity index (χ1n) is 14.8. The maximum absolute atomic E-state index is 13.1. The normalized spacial score (nSPS) is 32.0. The van der Waals surface area contributed by atoms with Gasteiger partial charge in [0.25, 0.3) is 0 Å². The average molecular weight is 571 g/mol. The number of allylic oxidation sites excluding steroid dienone is 5. The molecule has 41 heavy (non-hydrogen) atoms. The lowest BCUT2D eigenvalue weighted by Gasteiger charge is -2.36. The van der Waals surface area contributed by atoms with Gasteiger partial charge < -0.3 is 23.7 Å². The molecule has 8 nitrogen and oxygen atoms in total. The predicted molar refractivity (Wildman–Crippen MR) is 156 cm³/mol. The van der Waals surface area contributed by atoms with E-state index in [2.05, 4.69) is 12.2 Å². The van der Waals surface area contributed by atoms with E-state index >= 15 is 0 Å². The van der Waals surface area contributed by atoms with Gasteiger partial charge in [0.05, 0.1) is 51.5 Å². The minimum Gasteiger partial charge on any atom is -0.469 e. The molecule has 226 valence electrons. The summed E-state index contributed by atoms with van der Waals surface area (Å²) in [4.78, 5) is 36.5. The first-order chi connectivity index (χ1) is 19.7. The second-order valence-electron chi connectivity index (χ2n) is 11.2. The van der Waals surface area contributed by atoms with Gasteiger partial charge in [0.1, 0.15) is 6.10 Å². The van der Waals surface area contributed by atoms with Gasteiger partial charge in [-0.2, -0.15) is 0 Å². The molecule has 2 saturated heterocycles. The summed E-state index contributed by atoms with van der Waals surface area (Å²) in [7, 11) is 2.74. The Labute approximate surface area is 244 Å². The fraction of sp³-hybridized carbons (Fsp3) is 0.606. The highest BCUT2D eigenvalue weighted by atomic mass is 16.6. The van der Waals surface area contributed by atoms with Crippen molar-refractivity contribution in [3.63, 3.8) is 0 Å². The van der Waals surface area contributed by atoms with Crippen LogP contribution < -0.4 is 0 Å². The summed E-state index contributed by atoms with van der Waals surface area (Å²) in [5.41, 5.74) is 1.81. The van der Waals surface area contributed by atoms with E-state index in [4.69, 9.17) is 23.7 Å². The van der Waals surface area contributed by atoms with Gasteiger partial charge in [-0.15, -0.1) is 0 Å². The molecule has 3 heterocycles. The number of esters is 3. The maximum atomic E-state index is 13.1. The molecule has 0 aromatic carbocycles. The van der Waals surface area contributed by atoms with E-state index in [1.54, 1.807) is 0 Å². The van der Waals surface area contributed by atoms with Crippen molar-refractivity contribution in [3.8, 4) is 0 Å². The third kappa shape index (κ3) is 11.8. The zero-order chi connectivity index (χ0) is 29.6. The van der Waals surface area contributed by atoms with Gasteiger partial charge in [0, 0.05) is 18.4 Å². The van der Waals surface area contributed by atoms with Crippen LogP contribution in [0.4, 0.5) is 0 Å². The molecule has 0 aromatic rings. The van der Waals surface area contributed by atoms with Crippen LogP contribution >= 0.6 is 0 Å². The van der Waals surface area contributed by atoms with Gasteiger partial charge in [-0.25, -0.2) is 4.79 Å². The topological polar surface area (TPSA) is 97.4 Å². The number of ether oxygens (including phenoxy) is 5. The van der Waals surface area contributed by atoms with E-state index in [0.717, 1.165) is 49.7 Å². The van der Waals surface area contributed by atoms with Crippen molar-refractivity contribution >= 4 is 17.9 Å². The molecule has 6 atom stereocenters. The largest absolute Gasteiger partial charge is 0.469 e. The Balaban J connectivity index is 1.76. The summed E-state index contributed by atoms with van der Waals surface area (Å²) < 4.78 is 28.3. The number of hydrogen-bond donors (Lipinski definition) is 0. The Morgan fingerprint density at radius 1 is 0.951 bits per heavy atom. The van der Waals surface area contributed by atoms with Crippen LogP contribution in [0.3, 0.4) is 0 Å². The molecule has 4 bridgehead atoms. The molecule has 0 spiro atoms. The number of cyclic esters (lactones) is 1. The zero-order valence-electron chi connectivity index (χ0n) is 24.9. The van der Waals surface area contributed by atoms with Crippen LogP contribution in [0, 0.1) is 5.92 Å². The van der Waals surface area contributed by atoms with E-state index < -0.39 is 12.1 Å². The number of hydrogen-bond acceptors (Lipinski definition) is 8. The highest BCUT2D eigenvalue weighted by Gasteiger charge is 2.33. The summed E-state index contributed by atoms with van der Waals surface area (Å²) in [5, 5.41) is 0. The molecule has 8 heteroatoms. The van der Waals surface area contributed by atoms with E-state index in [9.17, 15) is 14.4 Å². The van der Waals surface area contributed by atoms with Crippen LogP contribution in [0.2, 0.25) is 0 Å². The number of carbonyl (C=O) groups is 3. The number of rotatable bonds is 6.